The molecule has 0 spiro atoms. The fourth-order valence-corrected chi connectivity index (χ4v) is 7.58. The van der Waals surface area contributed by atoms with Gasteiger partial charge in [0.05, 0.1) is 19.3 Å². The average molecular weight is 662 g/mol. The molecule has 3 N–H and O–H groups in total. The number of nitrogens with one attached hydrogen (secondary N) is 3. The van der Waals surface area contributed by atoms with E-state index >= 15 is 0 Å². The van der Waals surface area contributed by atoms with Gasteiger partial charge in [-0.25, -0.2) is 0 Å². The summed E-state index contributed by atoms with van der Waals surface area (Å²) in [5, 5.41) is 5.25. The number of ether oxygens (including phenoxy) is 2. The van der Waals surface area contributed by atoms with Gasteiger partial charge in [-0.15, -0.1) is 0 Å². The van der Waals surface area contributed by atoms with Gasteiger partial charge in [0.1, 0.15) is 0 Å². The Morgan fingerprint density at radius 3 is 2.77 bits per heavy atom. The summed E-state index contributed by atoms with van der Waals surface area (Å²) in [5.74, 6) is 6.75. The number of hydrogen-bond donors (Lipinski definition) is 3. The molecule has 13 heteroatoms. The van der Waals surface area contributed by atoms with Crippen LogP contribution in [0, 0.1) is 11.8 Å². The molecular weight excluding hydrogens is 628 g/mol. The van der Waals surface area contributed by atoms with Crippen molar-refractivity contribution in [2.75, 3.05) is 44.5 Å². The summed E-state index contributed by atoms with van der Waals surface area (Å²) in [6.45, 7) is 1.15. The number of alkyl halides is 3. The van der Waals surface area contributed by atoms with E-state index < -0.39 is 20.0 Å². The second kappa shape index (κ2) is 12.3. The summed E-state index contributed by atoms with van der Waals surface area (Å²) in [4.78, 5) is 19.4. The number of anilines is 2. The van der Waals surface area contributed by atoms with Crippen LogP contribution in [0.5, 0.6) is 5.75 Å². The van der Waals surface area contributed by atoms with Gasteiger partial charge in [-0.2, -0.15) is 0 Å². The van der Waals surface area contributed by atoms with E-state index in [4.69, 9.17) is 9.47 Å². The van der Waals surface area contributed by atoms with Crippen molar-refractivity contribution >= 4 is 42.5 Å². The van der Waals surface area contributed by atoms with Gasteiger partial charge in [0.2, 0.25) is 0 Å². The molecular formula is C30H33F3N6O3Se. The molecule has 6 rings (SSSR count). The Kier molecular flexibility index (Phi) is 8.47. The Hall–Kier alpha value is -3.43. The SMILES string of the molecule is COc1cc(C(=O)NC2COC2)ccc1NCC#Cc1cc2c(N[C@@H]3CC[C@@H]4CC[C@H]3N4C)nccn2c1[Se]C(F)(F)F. The van der Waals surface area contributed by atoms with Crippen molar-refractivity contribution in [3.8, 4) is 17.6 Å². The summed E-state index contributed by atoms with van der Waals surface area (Å²) in [7, 11) is 3.65. The molecule has 1 aromatic carbocycles. The van der Waals surface area contributed by atoms with Crippen LogP contribution in [0.15, 0.2) is 36.7 Å². The molecule has 43 heavy (non-hydrogen) atoms. The first-order valence-electron chi connectivity index (χ1n) is 14.2. The van der Waals surface area contributed by atoms with Crippen molar-refractivity contribution in [2.24, 2.45) is 0 Å². The van der Waals surface area contributed by atoms with Gasteiger partial charge in [-0.3, -0.25) is 0 Å². The van der Waals surface area contributed by atoms with Crippen molar-refractivity contribution in [3.05, 3.63) is 47.8 Å². The minimum absolute atomic E-state index is 0.00726. The first-order valence-corrected chi connectivity index (χ1v) is 15.9. The number of hydrogen-bond acceptors (Lipinski definition) is 7. The second-order valence-electron chi connectivity index (χ2n) is 11.0. The van der Waals surface area contributed by atoms with E-state index in [1.54, 1.807) is 41.1 Å². The van der Waals surface area contributed by atoms with Gasteiger partial charge in [0, 0.05) is 0 Å². The molecule has 228 valence electrons. The van der Waals surface area contributed by atoms with Crippen LogP contribution >= 0.6 is 0 Å². The summed E-state index contributed by atoms with van der Waals surface area (Å²) in [6, 6.07) is 7.92. The third-order valence-electron chi connectivity index (χ3n) is 8.38. The number of nitrogens with zero attached hydrogens (tertiary/aromatic N) is 3. The zero-order valence-electron chi connectivity index (χ0n) is 23.8. The maximum atomic E-state index is 13.7. The number of carbonyl (C=O) groups is 1. The number of piperidine rings is 1. The molecule has 3 fully saturated rings. The fourth-order valence-electron chi connectivity index (χ4n) is 6.12. The zero-order valence-corrected chi connectivity index (χ0v) is 25.5. The van der Waals surface area contributed by atoms with Crippen molar-refractivity contribution < 1.29 is 27.4 Å². The number of fused-ring (bicyclic) bond motifs is 3. The van der Waals surface area contributed by atoms with Crippen LogP contribution in [-0.2, 0) is 4.74 Å². The van der Waals surface area contributed by atoms with E-state index in [0.717, 1.165) is 19.3 Å². The van der Waals surface area contributed by atoms with Crippen molar-refractivity contribution in [2.45, 2.75) is 54.9 Å². The number of methoxy groups -OCH3 is 1. The van der Waals surface area contributed by atoms with Gasteiger partial charge >= 0.3 is 230 Å². The molecule has 3 atom stereocenters. The monoisotopic (exact) mass is 662 g/mol. The van der Waals surface area contributed by atoms with Crippen molar-refractivity contribution in [1.29, 1.82) is 0 Å². The molecule has 5 heterocycles. The number of benzene rings is 1. The molecule has 0 unspecified atom stereocenters. The van der Waals surface area contributed by atoms with Crippen LogP contribution < -0.4 is 25.3 Å². The van der Waals surface area contributed by atoms with Gasteiger partial charge in [0.25, 0.3) is 0 Å². The summed E-state index contributed by atoms with van der Waals surface area (Å²) in [6.07, 6.45) is 7.50. The van der Waals surface area contributed by atoms with Gasteiger partial charge < -0.3 is 4.74 Å². The van der Waals surface area contributed by atoms with Gasteiger partial charge in [-0.05, 0) is 0 Å². The Balaban J connectivity index is 1.20. The number of amides is 1. The molecule has 0 saturated carbocycles. The van der Waals surface area contributed by atoms with Crippen LogP contribution in [0.2, 0.25) is 0 Å². The molecule has 0 aliphatic carbocycles. The molecule has 0 radical (unpaired) electrons. The van der Waals surface area contributed by atoms with E-state index in [1.807, 2.05) is 0 Å². The molecule has 3 aromatic rings. The Labute approximate surface area is 254 Å². The molecule has 3 aliphatic heterocycles. The van der Waals surface area contributed by atoms with Crippen LogP contribution in [0.1, 0.15) is 41.6 Å². The molecule has 2 aromatic heterocycles. The van der Waals surface area contributed by atoms with E-state index in [-0.39, 0.29) is 29.1 Å². The van der Waals surface area contributed by atoms with E-state index in [0.29, 0.717) is 59.2 Å². The summed E-state index contributed by atoms with van der Waals surface area (Å²) < 4.78 is 53.3. The molecule has 9 nitrogen and oxygen atoms in total. The Morgan fingerprint density at radius 1 is 1.21 bits per heavy atom. The van der Waals surface area contributed by atoms with Crippen LogP contribution in [-0.4, -0.2) is 98.3 Å². The zero-order chi connectivity index (χ0) is 30.1. The number of halogens is 3. The van der Waals surface area contributed by atoms with E-state index in [1.165, 1.54) is 13.5 Å². The normalized spacial score (nSPS) is 22.0. The van der Waals surface area contributed by atoms with Gasteiger partial charge in [-0.1, -0.05) is 0 Å². The number of carbonyl (C=O) groups excluding carboxylic acids is 1. The second-order valence-corrected chi connectivity index (χ2v) is 13.2. The molecule has 3 aliphatic rings. The minimum atomic E-state index is -4.34. The predicted molar refractivity (Wildman–Crippen MR) is 158 cm³/mol. The summed E-state index contributed by atoms with van der Waals surface area (Å²) in [5.41, 5.74) is 1.98. The predicted octanol–water partition coefficient (Wildman–Crippen LogP) is 2.82. The van der Waals surface area contributed by atoms with E-state index in [9.17, 15) is 18.0 Å². The molecule has 2 bridgehead atoms. The first kappa shape index (κ1) is 29.6. The van der Waals surface area contributed by atoms with Crippen molar-refractivity contribution in [3.63, 3.8) is 0 Å². The molecule has 1 amide bonds. The van der Waals surface area contributed by atoms with Crippen LogP contribution in [0.25, 0.3) is 5.52 Å². The van der Waals surface area contributed by atoms with E-state index in [2.05, 4.69) is 44.7 Å². The maximum absolute atomic E-state index is 13.7. The standard InChI is InChI=1S/C30H33F3N6O3Se/c1-38-21-6-9-22(24(38)10-7-21)37-27-25-14-19(29(43-30(31,32)33)39(25)13-12-35-27)4-3-11-34-23-8-5-18(15-26(23)41-2)28(40)36-20-16-42-17-20/h5,8,12-15,20-22,24,34H,6-7,9-11,16-17H2,1-2H3,(H,35,37)(H,36,40)/t21-,22-,24-/m1/s1. The average Bonchev–Trinajstić information content (AvgIpc) is 3.41. The van der Waals surface area contributed by atoms with Crippen LogP contribution in [0.3, 0.4) is 0 Å². The number of rotatable bonds is 8. The third-order valence-corrected chi connectivity index (χ3v) is 10.1. The van der Waals surface area contributed by atoms with Crippen LogP contribution in [0.4, 0.5) is 24.7 Å². The van der Waals surface area contributed by atoms with Crippen molar-refractivity contribution in [1.82, 2.24) is 19.6 Å². The van der Waals surface area contributed by atoms with Gasteiger partial charge in [0.15, 0.2) is 0 Å². The topological polar surface area (TPSA) is 92.2 Å². The number of aromatic nitrogens is 2. The first-order chi connectivity index (χ1) is 20.7. The Bertz CT molecular complexity index is 1560. The third kappa shape index (κ3) is 6.43. The number of likely N-dealkylation sites (N-methyl/N-ethyl adjacent to an activating group) is 1. The Morgan fingerprint density at radius 2 is 2.02 bits per heavy atom. The summed E-state index contributed by atoms with van der Waals surface area (Å²) >= 11 is -1.80. The molecule has 3 saturated heterocycles. The fraction of sp³-hybridized carbons (Fsp3) is 0.467. The quantitative estimate of drug-likeness (QED) is 0.253.